The fourth-order valence-electron chi connectivity index (χ4n) is 3.84. The van der Waals surface area contributed by atoms with Crippen LogP contribution in [-0.4, -0.2) is 111 Å². The quantitative estimate of drug-likeness (QED) is 0.0674. The van der Waals surface area contributed by atoms with Gasteiger partial charge in [-0.15, -0.1) is 23.3 Å². The van der Waals surface area contributed by atoms with Gasteiger partial charge in [0.1, 0.15) is 29.0 Å². The Morgan fingerprint density at radius 2 is 2.14 bits per heavy atom. The van der Waals surface area contributed by atoms with Crippen LogP contribution in [0.25, 0.3) is 0 Å². The van der Waals surface area contributed by atoms with E-state index < -0.39 is 58.5 Å². The number of carbonyl (C=O) groups is 4. The van der Waals surface area contributed by atoms with Crippen molar-refractivity contribution in [3.63, 3.8) is 0 Å². The summed E-state index contributed by atoms with van der Waals surface area (Å²) in [4.78, 5) is 60.9. The molecule has 2 aliphatic heterocycles. The normalized spacial score (nSPS) is 22.0. The lowest BCUT2D eigenvalue weighted by Gasteiger charge is -2.53. The molecule has 224 valence electrons. The molecule has 0 saturated carbocycles. The third-order valence-corrected chi connectivity index (χ3v) is 9.11. The monoisotopic (exact) mass is 638 g/mol. The van der Waals surface area contributed by atoms with Crippen molar-refractivity contribution in [3.8, 4) is 12.3 Å². The second-order valence-electron chi connectivity index (χ2n) is 10.1. The Bertz CT molecular complexity index is 1450. The van der Waals surface area contributed by atoms with Crippen LogP contribution in [0.15, 0.2) is 10.3 Å². The zero-order chi connectivity index (χ0) is 30.7. The number of carbonyl (C=O) groups excluding carboxylic acids is 3. The van der Waals surface area contributed by atoms with E-state index in [-0.39, 0.29) is 35.6 Å². The number of nitrogens with zero attached hydrogens (tertiary/aromatic N) is 8. The van der Waals surface area contributed by atoms with Gasteiger partial charge in [0.15, 0.2) is 5.13 Å². The minimum atomic E-state index is -1.30. The van der Waals surface area contributed by atoms with Crippen molar-refractivity contribution in [2.45, 2.75) is 49.5 Å². The average molecular weight is 639 g/mol. The molecule has 2 saturated heterocycles. The highest BCUT2D eigenvalue weighted by Crippen LogP contribution is 2.44. The van der Waals surface area contributed by atoms with Crippen molar-refractivity contribution in [1.82, 2.24) is 39.8 Å². The van der Waals surface area contributed by atoms with Crippen LogP contribution < -0.4 is 11.1 Å². The predicted octanol–water partition coefficient (Wildman–Crippen LogP) is -0.934. The molecule has 4 rings (SSSR count). The van der Waals surface area contributed by atoms with E-state index in [4.69, 9.17) is 21.7 Å². The fourth-order valence-corrected chi connectivity index (χ4v) is 7.01. The minimum absolute atomic E-state index is 0.0579. The van der Waals surface area contributed by atoms with Crippen LogP contribution in [0.1, 0.15) is 26.6 Å². The third kappa shape index (κ3) is 6.91. The van der Waals surface area contributed by atoms with Crippen molar-refractivity contribution in [3.05, 3.63) is 5.82 Å². The van der Waals surface area contributed by atoms with Crippen LogP contribution >= 0.6 is 35.1 Å². The number of hydrogen-bond acceptors (Lipinski definition) is 16. The minimum Gasteiger partial charge on any atom is -0.481 e. The van der Waals surface area contributed by atoms with Crippen LogP contribution in [0.3, 0.4) is 0 Å². The predicted molar refractivity (Wildman–Crippen MR) is 150 cm³/mol. The van der Waals surface area contributed by atoms with Crippen LogP contribution in [0, 0.1) is 17.8 Å². The van der Waals surface area contributed by atoms with Gasteiger partial charge in [-0.1, -0.05) is 22.8 Å². The van der Waals surface area contributed by atoms with Gasteiger partial charge in [0.2, 0.25) is 29.2 Å². The summed E-state index contributed by atoms with van der Waals surface area (Å²) in [5.41, 5.74) is 3.20. The molecule has 0 bridgehead atoms. The first-order valence-corrected chi connectivity index (χ1v) is 14.9. The molecular weight excluding hydrogens is 613 g/mol. The molecule has 2 aromatic heterocycles. The van der Waals surface area contributed by atoms with Gasteiger partial charge in [0.25, 0.3) is 5.91 Å². The number of thioether (sulfide) groups is 2. The lowest BCUT2D eigenvalue weighted by atomic mass is 9.89. The lowest BCUT2D eigenvalue weighted by Crippen LogP contribution is -2.74. The Morgan fingerprint density at radius 1 is 1.38 bits per heavy atom. The molecule has 17 nitrogen and oxygen atoms in total. The molecule has 0 aliphatic carbocycles. The molecule has 2 aliphatic rings. The standard InChI is InChI=1S/C22H26N10O7S3/c1-5-6-32-20(26-29-30-32)41-10-22(18(36)37)8-31-16(35)13(17(31)40-9-22)24-15(34)12(14-25-19(23)42-28-14)27-38-7-11(33)39-21(2,3)4/h1,13,17H,6-10H2,2-4H3,(H,24,34)(H,36,37)(H2,23,25,28)/t13?,17-,22?/m1/s1. The number of rotatable bonds is 11. The number of nitrogens with one attached hydrogen (secondary N) is 1. The number of aromatic nitrogens is 6. The Hall–Kier alpha value is -3.96. The van der Waals surface area contributed by atoms with E-state index in [1.165, 1.54) is 21.3 Å². The van der Waals surface area contributed by atoms with Crippen molar-refractivity contribution in [2.75, 3.05) is 30.4 Å². The number of hydrogen-bond donors (Lipinski definition) is 3. The fraction of sp³-hybridized carbons (Fsp3) is 0.545. The SMILES string of the molecule is C#CCn1nnnc1SCC1(C(=O)O)CS[C@@H]2C(NC(=O)C(=NOCC(=O)OC(C)(C)C)c3nsc(N)n3)C(=O)N2C1. The summed E-state index contributed by atoms with van der Waals surface area (Å²) in [6, 6.07) is -0.975. The number of ether oxygens (including phenoxy) is 1. The van der Waals surface area contributed by atoms with E-state index in [0.29, 0.717) is 5.16 Å². The van der Waals surface area contributed by atoms with Crippen LogP contribution in [0.4, 0.5) is 5.13 Å². The first kappa shape index (κ1) is 31.0. The number of anilines is 1. The number of β-lactam (4-membered cyclic amide) rings is 1. The summed E-state index contributed by atoms with van der Waals surface area (Å²) in [6.07, 6.45) is 5.32. The number of carboxylic acid groups (broad SMARTS) is 1. The number of fused-ring (bicyclic) bond motifs is 1. The summed E-state index contributed by atoms with van der Waals surface area (Å²) in [7, 11) is 0. The van der Waals surface area contributed by atoms with Crippen molar-refractivity contribution >= 4 is 69.7 Å². The highest BCUT2D eigenvalue weighted by atomic mass is 32.2. The van der Waals surface area contributed by atoms with Gasteiger partial charge in [-0.3, -0.25) is 14.4 Å². The van der Waals surface area contributed by atoms with Gasteiger partial charge in [-0.25, -0.2) is 9.48 Å². The summed E-state index contributed by atoms with van der Waals surface area (Å²) >= 11 is 3.16. The van der Waals surface area contributed by atoms with E-state index in [2.05, 4.69) is 41.3 Å². The second kappa shape index (κ2) is 12.5. The van der Waals surface area contributed by atoms with Crippen molar-refractivity contribution < 1.29 is 33.9 Å². The molecule has 0 aromatic carbocycles. The van der Waals surface area contributed by atoms with Gasteiger partial charge in [0, 0.05) is 29.6 Å². The van der Waals surface area contributed by atoms with E-state index >= 15 is 0 Å². The number of carboxylic acids is 1. The van der Waals surface area contributed by atoms with Gasteiger partial charge < -0.3 is 30.6 Å². The molecule has 2 unspecified atom stereocenters. The number of aliphatic carboxylic acids is 1. The van der Waals surface area contributed by atoms with Crippen LogP contribution in [-0.2, 0) is 35.3 Å². The molecule has 42 heavy (non-hydrogen) atoms. The number of oxime groups is 1. The van der Waals surface area contributed by atoms with Crippen molar-refractivity contribution in [2.24, 2.45) is 10.6 Å². The summed E-state index contributed by atoms with van der Waals surface area (Å²) in [6.45, 7) is 4.50. The van der Waals surface area contributed by atoms with E-state index in [1.807, 2.05) is 0 Å². The lowest BCUT2D eigenvalue weighted by molar-refractivity contribution is -0.160. The third-order valence-electron chi connectivity index (χ3n) is 5.73. The highest BCUT2D eigenvalue weighted by molar-refractivity contribution is 8.00. The first-order chi connectivity index (χ1) is 19.8. The second-order valence-corrected chi connectivity index (χ2v) is 12.9. The van der Waals surface area contributed by atoms with Gasteiger partial charge in [-0.05, 0) is 31.2 Å². The Morgan fingerprint density at radius 3 is 2.79 bits per heavy atom. The number of amides is 2. The molecule has 3 atom stereocenters. The zero-order valence-corrected chi connectivity index (χ0v) is 25.0. The molecule has 2 fully saturated rings. The molecule has 4 N–H and O–H groups in total. The zero-order valence-electron chi connectivity index (χ0n) is 22.5. The molecule has 0 radical (unpaired) electrons. The molecule has 20 heteroatoms. The summed E-state index contributed by atoms with van der Waals surface area (Å²) in [5.74, 6) is -0.630. The smallest absolute Gasteiger partial charge is 0.347 e. The molecule has 2 amide bonds. The topological polar surface area (TPSA) is 230 Å². The number of tetrazole rings is 1. The van der Waals surface area contributed by atoms with Crippen LogP contribution in [0.2, 0.25) is 0 Å². The van der Waals surface area contributed by atoms with E-state index in [0.717, 1.165) is 23.3 Å². The van der Waals surface area contributed by atoms with E-state index in [1.54, 1.807) is 20.8 Å². The number of terminal acetylenes is 1. The first-order valence-electron chi connectivity index (χ1n) is 12.1. The largest absolute Gasteiger partial charge is 0.481 e. The molecular formula is C22H26N10O7S3. The number of nitrogen functional groups attached to an aromatic ring is 1. The Balaban J connectivity index is 1.41. The van der Waals surface area contributed by atoms with Crippen LogP contribution in [0.5, 0.6) is 0 Å². The van der Waals surface area contributed by atoms with Crippen molar-refractivity contribution in [1.29, 1.82) is 0 Å². The highest BCUT2D eigenvalue weighted by Gasteiger charge is 2.57. The maximum atomic E-state index is 13.2. The maximum Gasteiger partial charge on any atom is 0.347 e. The number of nitrogens with two attached hydrogens (primary N) is 1. The molecule has 4 heterocycles. The molecule has 0 spiro atoms. The van der Waals surface area contributed by atoms with E-state index in [9.17, 15) is 24.3 Å². The van der Waals surface area contributed by atoms with Gasteiger partial charge >= 0.3 is 11.9 Å². The average Bonchev–Trinajstić information content (AvgIpc) is 3.55. The van der Waals surface area contributed by atoms with Gasteiger partial charge in [-0.2, -0.15) is 9.36 Å². The Kier molecular flexibility index (Phi) is 9.22. The molecule has 2 aromatic rings. The summed E-state index contributed by atoms with van der Waals surface area (Å²) in [5, 5.41) is 27.5. The number of esters is 1. The Labute approximate surface area is 251 Å². The van der Waals surface area contributed by atoms with Gasteiger partial charge in [0.05, 0.1) is 0 Å². The summed E-state index contributed by atoms with van der Waals surface area (Å²) < 4.78 is 10.5. The maximum absolute atomic E-state index is 13.2.